The van der Waals surface area contributed by atoms with Gasteiger partial charge in [0.25, 0.3) is 5.69 Å². The number of nitro benzene ring substituents is 1. The Morgan fingerprint density at radius 3 is 2.53 bits per heavy atom. The average Bonchev–Trinajstić information content (AvgIpc) is 2.33. The van der Waals surface area contributed by atoms with E-state index in [1.807, 2.05) is 6.07 Å². The van der Waals surface area contributed by atoms with Crippen LogP contribution in [0.1, 0.15) is 39.2 Å². The molecule has 0 aliphatic heterocycles. The van der Waals surface area contributed by atoms with Crippen LogP contribution >= 0.6 is 15.9 Å². The SMILES string of the molecule is CC(C)CCC(C)NCc1cc(Br)cc([N+](=O)[O-])c1. The third kappa shape index (κ3) is 6.16. The van der Waals surface area contributed by atoms with Gasteiger partial charge in [0.2, 0.25) is 0 Å². The predicted molar refractivity (Wildman–Crippen MR) is 81.2 cm³/mol. The second kappa shape index (κ2) is 7.60. The number of non-ortho nitro benzene ring substituents is 1. The third-order valence-electron chi connectivity index (χ3n) is 2.98. The van der Waals surface area contributed by atoms with Crippen molar-refractivity contribution in [1.29, 1.82) is 0 Å². The topological polar surface area (TPSA) is 55.2 Å². The molecule has 1 aromatic carbocycles. The summed E-state index contributed by atoms with van der Waals surface area (Å²) in [5, 5.41) is 14.2. The molecular weight excluding hydrogens is 308 g/mol. The van der Waals surface area contributed by atoms with Crippen LogP contribution in [0.15, 0.2) is 22.7 Å². The highest BCUT2D eigenvalue weighted by Gasteiger charge is 2.09. The minimum Gasteiger partial charge on any atom is -0.310 e. The van der Waals surface area contributed by atoms with Crippen LogP contribution in [0.25, 0.3) is 0 Å². The van der Waals surface area contributed by atoms with Crippen molar-refractivity contribution in [2.75, 3.05) is 0 Å². The second-order valence-electron chi connectivity index (χ2n) is 5.33. The smallest absolute Gasteiger partial charge is 0.270 e. The van der Waals surface area contributed by atoms with Gasteiger partial charge in [-0.15, -0.1) is 0 Å². The summed E-state index contributed by atoms with van der Waals surface area (Å²) in [4.78, 5) is 10.4. The highest BCUT2D eigenvalue weighted by atomic mass is 79.9. The zero-order valence-electron chi connectivity index (χ0n) is 11.6. The number of rotatable bonds is 7. The van der Waals surface area contributed by atoms with Crippen LogP contribution in [0.4, 0.5) is 5.69 Å². The molecule has 1 rings (SSSR count). The maximum Gasteiger partial charge on any atom is 0.270 e. The molecule has 0 radical (unpaired) electrons. The second-order valence-corrected chi connectivity index (χ2v) is 6.24. The van der Waals surface area contributed by atoms with Gasteiger partial charge in [0.1, 0.15) is 0 Å². The molecular formula is C14H21BrN2O2. The molecule has 0 saturated carbocycles. The molecule has 5 heteroatoms. The van der Waals surface area contributed by atoms with Crippen molar-refractivity contribution in [3.63, 3.8) is 0 Å². The fourth-order valence-electron chi connectivity index (χ4n) is 1.82. The lowest BCUT2D eigenvalue weighted by molar-refractivity contribution is -0.385. The highest BCUT2D eigenvalue weighted by molar-refractivity contribution is 9.10. The fourth-order valence-corrected chi connectivity index (χ4v) is 2.35. The van der Waals surface area contributed by atoms with Gasteiger partial charge in [-0.25, -0.2) is 0 Å². The van der Waals surface area contributed by atoms with Crippen molar-refractivity contribution in [3.8, 4) is 0 Å². The number of hydrogen-bond acceptors (Lipinski definition) is 3. The van der Waals surface area contributed by atoms with Crippen molar-refractivity contribution in [2.45, 2.75) is 46.2 Å². The van der Waals surface area contributed by atoms with Crippen LogP contribution in [0.5, 0.6) is 0 Å². The number of nitro groups is 1. The predicted octanol–water partition coefficient (Wildman–Crippen LogP) is 4.27. The van der Waals surface area contributed by atoms with Crippen LogP contribution < -0.4 is 5.32 Å². The van der Waals surface area contributed by atoms with Gasteiger partial charge in [-0.2, -0.15) is 0 Å². The van der Waals surface area contributed by atoms with Crippen LogP contribution in [0.2, 0.25) is 0 Å². The van der Waals surface area contributed by atoms with Gasteiger partial charge < -0.3 is 5.32 Å². The molecule has 19 heavy (non-hydrogen) atoms. The fraction of sp³-hybridized carbons (Fsp3) is 0.571. The molecule has 1 N–H and O–H groups in total. The van der Waals surface area contributed by atoms with Crippen LogP contribution in [0, 0.1) is 16.0 Å². The van der Waals surface area contributed by atoms with Gasteiger partial charge in [0.05, 0.1) is 4.92 Å². The van der Waals surface area contributed by atoms with E-state index in [1.54, 1.807) is 6.07 Å². The molecule has 0 bridgehead atoms. The lowest BCUT2D eigenvalue weighted by atomic mass is 10.0. The molecule has 1 unspecified atom stereocenters. The monoisotopic (exact) mass is 328 g/mol. The Bertz CT molecular complexity index is 435. The largest absolute Gasteiger partial charge is 0.310 e. The maximum absolute atomic E-state index is 10.8. The molecule has 0 amide bonds. The quantitative estimate of drug-likeness (QED) is 0.600. The van der Waals surface area contributed by atoms with Crippen LogP contribution in [-0.4, -0.2) is 11.0 Å². The summed E-state index contributed by atoms with van der Waals surface area (Å²) < 4.78 is 0.744. The molecule has 0 heterocycles. The zero-order chi connectivity index (χ0) is 14.4. The van der Waals surface area contributed by atoms with Crippen molar-refractivity contribution in [1.82, 2.24) is 5.32 Å². The number of hydrogen-bond donors (Lipinski definition) is 1. The zero-order valence-corrected chi connectivity index (χ0v) is 13.2. The first-order valence-corrected chi connectivity index (χ1v) is 7.35. The number of benzene rings is 1. The van der Waals surface area contributed by atoms with E-state index in [0.29, 0.717) is 18.5 Å². The first-order chi connectivity index (χ1) is 8.88. The van der Waals surface area contributed by atoms with Gasteiger partial charge in [0, 0.05) is 29.2 Å². The minimum atomic E-state index is -0.365. The van der Waals surface area contributed by atoms with Crippen molar-refractivity contribution in [2.24, 2.45) is 5.92 Å². The van der Waals surface area contributed by atoms with Crippen LogP contribution in [0.3, 0.4) is 0 Å². The standard InChI is InChI=1S/C14H21BrN2O2/c1-10(2)4-5-11(3)16-9-12-6-13(15)8-14(7-12)17(18)19/h6-8,10-11,16H,4-5,9H2,1-3H3. The molecule has 0 aromatic heterocycles. The number of halogens is 1. The summed E-state index contributed by atoms with van der Waals surface area (Å²) in [7, 11) is 0. The van der Waals surface area contributed by atoms with Crippen molar-refractivity contribution in [3.05, 3.63) is 38.3 Å². The normalized spacial score (nSPS) is 12.7. The molecule has 1 atom stereocenters. The molecule has 106 valence electrons. The summed E-state index contributed by atoms with van der Waals surface area (Å²) in [6.45, 7) is 7.23. The van der Waals surface area contributed by atoms with E-state index < -0.39 is 0 Å². The minimum absolute atomic E-state index is 0.126. The van der Waals surface area contributed by atoms with Crippen LogP contribution in [-0.2, 0) is 6.54 Å². The summed E-state index contributed by atoms with van der Waals surface area (Å²) in [5.41, 5.74) is 1.05. The first kappa shape index (κ1) is 16.1. The summed E-state index contributed by atoms with van der Waals surface area (Å²) >= 11 is 3.31. The molecule has 1 aromatic rings. The molecule has 0 spiro atoms. The summed E-state index contributed by atoms with van der Waals surface area (Å²) in [5.74, 6) is 0.705. The Morgan fingerprint density at radius 2 is 1.95 bits per heavy atom. The maximum atomic E-state index is 10.8. The Hall–Kier alpha value is -0.940. The third-order valence-corrected chi connectivity index (χ3v) is 3.44. The first-order valence-electron chi connectivity index (χ1n) is 6.55. The molecule has 0 fully saturated rings. The van der Waals surface area contributed by atoms with E-state index in [9.17, 15) is 10.1 Å². The van der Waals surface area contributed by atoms with Gasteiger partial charge in [-0.3, -0.25) is 10.1 Å². The Balaban J connectivity index is 2.55. The lowest BCUT2D eigenvalue weighted by Crippen LogP contribution is -2.25. The van der Waals surface area contributed by atoms with Crippen molar-refractivity contribution < 1.29 is 4.92 Å². The molecule has 0 aliphatic rings. The van der Waals surface area contributed by atoms with Gasteiger partial charge in [0.15, 0.2) is 0 Å². The van der Waals surface area contributed by atoms with Gasteiger partial charge >= 0.3 is 0 Å². The van der Waals surface area contributed by atoms with Gasteiger partial charge in [-0.1, -0.05) is 29.8 Å². The Kier molecular flexibility index (Phi) is 6.45. The lowest BCUT2D eigenvalue weighted by Gasteiger charge is -2.15. The highest BCUT2D eigenvalue weighted by Crippen LogP contribution is 2.21. The van der Waals surface area contributed by atoms with E-state index >= 15 is 0 Å². The Labute approximate surface area is 122 Å². The number of nitrogens with zero attached hydrogens (tertiary/aromatic N) is 1. The number of nitrogens with one attached hydrogen (secondary N) is 1. The summed E-state index contributed by atoms with van der Waals surface area (Å²) in [6.07, 6.45) is 2.31. The van der Waals surface area contributed by atoms with E-state index in [1.165, 1.54) is 12.5 Å². The molecule has 0 aliphatic carbocycles. The van der Waals surface area contributed by atoms with Gasteiger partial charge in [-0.05, 0) is 37.3 Å². The van der Waals surface area contributed by atoms with E-state index in [2.05, 4.69) is 42.0 Å². The summed E-state index contributed by atoms with van der Waals surface area (Å²) in [6, 6.07) is 5.47. The van der Waals surface area contributed by atoms with E-state index in [-0.39, 0.29) is 10.6 Å². The van der Waals surface area contributed by atoms with Crippen molar-refractivity contribution >= 4 is 21.6 Å². The van der Waals surface area contributed by atoms with E-state index in [0.717, 1.165) is 16.5 Å². The molecule has 0 saturated heterocycles. The van der Waals surface area contributed by atoms with E-state index in [4.69, 9.17) is 0 Å². The Morgan fingerprint density at radius 1 is 1.26 bits per heavy atom. The molecule has 4 nitrogen and oxygen atoms in total. The average molecular weight is 329 g/mol.